The average molecular weight is 540 g/mol. The van der Waals surface area contributed by atoms with Gasteiger partial charge in [-0.05, 0) is 44.6 Å². The van der Waals surface area contributed by atoms with Gasteiger partial charge >= 0.3 is 6.09 Å². The zero-order chi connectivity index (χ0) is 29.3. The number of carbonyl (C=O) groups excluding carboxylic acids is 4. The Morgan fingerprint density at radius 3 is 2.56 bits per heavy atom. The van der Waals surface area contributed by atoms with Crippen LogP contribution >= 0.6 is 0 Å². The van der Waals surface area contributed by atoms with Gasteiger partial charge in [-0.1, -0.05) is 51.2 Å². The molecule has 9 nitrogen and oxygen atoms in total. The molecule has 2 bridgehead atoms. The summed E-state index contributed by atoms with van der Waals surface area (Å²) in [6.45, 7) is 13.0. The van der Waals surface area contributed by atoms with Crippen molar-refractivity contribution in [2.24, 2.45) is 23.5 Å². The van der Waals surface area contributed by atoms with Crippen LogP contribution < -0.4 is 16.4 Å². The summed E-state index contributed by atoms with van der Waals surface area (Å²) in [5.74, 6) is -2.01. The fourth-order valence-electron chi connectivity index (χ4n) is 4.80. The van der Waals surface area contributed by atoms with Crippen molar-refractivity contribution in [1.82, 2.24) is 10.6 Å². The van der Waals surface area contributed by atoms with Gasteiger partial charge in [0, 0.05) is 35.6 Å². The highest BCUT2D eigenvalue weighted by molar-refractivity contribution is 6.23. The Hall–Kier alpha value is -3.72. The first-order valence-electron chi connectivity index (χ1n) is 13.2. The van der Waals surface area contributed by atoms with E-state index in [-0.39, 0.29) is 29.1 Å². The van der Waals surface area contributed by atoms with E-state index >= 15 is 0 Å². The molecule has 0 saturated heterocycles. The smallest absolute Gasteiger partial charge is 0.405 e. The number of ketones is 2. The molecule has 0 aromatic heterocycles. The molecule has 5 N–H and O–H groups in total. The van der Waals surface area contributed by atoms with E-state index in [1.165, 1.54) is 0 Å². The van der Waals surface area contributed by atoms with Crippen LogP contribution in [0.5, 0.6) is 0 Å². The first-order chi connectivity index (χ1) is 18.4. The molecule has 0 aromatic carbocycles. The normalized spacial score (nSPS) is 31.2. The number of amides is 2. The summed E-state index contributed by atoms with van der Waals surface area (Å²) in [6.07, 6.45) is 8.75. The van der Waals surface area contributed by atoms with Crippen molar-refractivity contribution < 1.29 is 29.0 Å². The highest BCUT2D eigenvalue weighted by Crippen LogP contribution is 2.27. The third kappa shape index (κ3) is 8.64. The summed E-state index contributed by atoms with van der Waals surface area (Å²) >= 11 is 0. The number of nitrogens with two attached hydrogens (primary N) is 1. The van der Waals surface area contributed by atoms with Crippen LogP contribution in [0.4, 0.5) is 4.79 Å². The lowest BCUT2D eigenvalue weighted by Crippen LogP contribution is -2.35. The number of fused-ring (bicyclic) bond motifs is 2. The number of allylic oxidation sites excluding steroid dienone is 4. The Morgan fingerprint density at radius 2 is 1.92 bits per heavy atom. The largest absolute Gasteiger partial charge is 0.441 e. The van der Waals surface area contributed by atoms with Crippen molar-refractivity contribution in [2.75, 3.05) is 6.54 Å². The molecule has 1 aliphatic heterocycles. The molecule has 1 heterocycles. The quantitative estimate of drug-likeness (QED) is 0.315. The van der Waals surface area contributed by atoms with Crippen LogP contribution in [-0.4, -0.2) is 47.4 Å². The van der Waals surface area contributed by atoms with E-state index in [0.717, 1.165) is 11.6 Å². The average Bonchev–Trinajstić information content (AvgIpc) is 2.87. The van der Waals surface area contributed by atoms with Crippen LogP contribution in [0, 0.1) is 17.8 Å². The number of hydrogen-bond acceptors (Lipinski definition) is 7. The van der Waals surface area contributed by atoms with E-state index in [4.69, 9.17) is 10.5 Å². The summed E-state index contributed by atoms with van der Waals surface area (Å²) in [5.41, 5.74) is 6.79. The maximum absolute atomic E-state index is 13.3. The zero-order valence-electron chi connectivity index (χ0n) is 23.5. The standard InChI is InChI=1S/C30H41N3O6/c1-7-14-32-25-22-13-9-10-17(2)26(35)20(5)15-21(6)28(39-30(31)38)18(3)11-8-12-19(4)29(37)33-23(27(22)36)16-24(25)34/h7-8,11-12,15-18,20,26,28,32,35H,1,9-10,13-14H2,2-6H3,(H2,31,38)(H,33,37)/b11-8-,19-12+,21-15+/t17-,18-,20-,26-,28+/m0/s1. The molecule has 0 saturated carbocycles. The molecule has 39 heavy (non-hydrogen) atoms. The van der Waals surface area contributed by atoms with E-state index in [1.807, 2.05) is 33.8 Å². The zero-order valence-corrected chi connectivity index (χ0v) is 23.5. The molecule has 9 heteroatoms. The number of ether oxygens (including phenoxy) is 1. The van der Waals surface area contributed by atoms with Crippen molar-refractivity contribution in [2.45, 2.75) is 66.1 Å². The topological polar surface area (TPSA) is 148 Å². The summed E-state index contributed by atoms with van der Waals surface area (Å²) in [5, 5.41) is 16.6. The highest BCUT2D eigenvalue weighted by Gasteiger charge is 2.30. The van der Waals surface area contributed by atoms with Gasteiger partial charge in [0.1, 0.15) is 6.10 Å². The predicted octanol–water partition coefficient (Wildman–Crippen LogP) is 3.53. The van der Waals surface area contributed by atoms with Gasteiger partial charge in [-0.25, -0.2) is 4.79 Å². The van der Waals surface area contributed by atoms with Gasteiger partial charge in [-0.3, -0.25) is 14.4 Å². The number of primary amides is 1. The van der Waals surface area contributed by atoms with Gasteiger partial charge in [0.25, 0.3) is 5.91 Å². The first-order valence-corrected chi connectivity index (χ1v) is 13.2. The summed E-state index contributed by atoms with van der Waals surface area (Å²) < 4.78 is 5.38. The van der Waals surface area contributed by atoms with Gasteiger partial charge in [0.05, 0.1) is 17.5 Å². The molecule has 0 aromatic rings. The summed E-state index contributed by atoms with van der Waals surface area (Å²) in [6, 6.07) is 0. The highest BCUT2D eigenvalue weighted by atomic mass is 16.6. The van der Waals surface area contributed by atoms with Gasteiger partial charge in [-0.15, -0.1) is 6.58 Å². The third-order valence-electron chi connectivity index (χ3n) is 7.04. The van der Waals surface area contributed by atoms with E-state index in [2.05, 4.69) is 17.2 Å². The summed E-state index contributed by atoms with van der Waals surface area (Å²) in [4.78, 5) is 50.7. The molecule has 5 atom stereocenters. The minimum Gasteiger partial charge on any atom is -0.441 e. The van der Waals surface area contributed by atoms with Crippen LogP contribution in [0.2, 0.25) is 0 Å². The lowest BCUT2D eigenvalue weighted by atomic mass is 9.85. The Labute approximate surface area is 230 Å². The van der Waals surface area contributed by atoms with Crippen molar-refractivity contribution >= 4 is 23.6 Å². The monoisotopic (exact) mass is 539 g/mol. The third-order valence-corrected chi connectivity index (χ3v) is 7.04. The van der Waals surface area contributed by atoms with Crippen LogP contribution in [0.25, 0.3) is 0 Å². The molecule has 0 unspecified atom stereocenters. The minimum atomic E-state index is -0.908. The van der Waals surface area contributed by atoms with E-state index in [1.54, 1.807) is 31.2 Å². The lowest BCUT2D eigenvalue weighted by molar-refractivity contribution is -0.120. The van der Waals surface area contributed by atoms with Crippen molar-refractivity contribution in [3.8, 4) is 0 Å². The number of aliphatic hydroxyl groups is 1. The van der Waals surface area contributed by atoms with E-state index in [9.17, 15) is 24.3 Å². The minimum absolute atomic E-state index is 0.0800. The van der Waals surface area contributed by atoms with Gasteiger partial charge < -0.3 is 26.2 Å². The molecular formula is C30H41N3O6. The Morgan fingerprint density at radius 1 is 1.23 bits per heavy atom. The number of aliphatic hydroxyl groups excluding tert-OH is 1. The molecule has 0 fully saturated rings. The summed E-state index contributed by atoms with van der Waals surface area (Å²) in [7, 11) is 0. The Kier molecular flexibility index (Phi) is 11.7. The number of rotatable bonds is 4. The fourth-order valence-corrected chi connectivity index (χ4v) is 4.80. The maximum Gasteiger partial charge on any atom is 0.405 e. The Balaban J connectivity index is 2.49. The molecule has 1 aliphatic carbocycles. The van der Waals surface area contributed by atoms with Crippen LogP contribution in [0.15, 0.2) is 71.1 Å². The lowest BCUT2D eigenvalue weighted by Gasteiger charge is -2.27. The van der Waals surface area contributed by atoms with Crippen LogP contribution in [-0.2, 0) is 19.1 Å². The molecule has 2 amide bonds. The fraction of sp³-hybridized carbons (Fsp3) is 0.467. The van der Waals surface area contributed by atoms with Crippen LogP contribution in [0.1, 0.15) is 53.9 Å². The Bertz CT molecular complexity index is 1140. The van der Waals surface area contributed by atoms with Gasteiger partial charge in [0.15, 0.2) is 0 Å². The number of carbonyl (C=O) groups is 4. The number of Topliss-reactive ketones (excluding diaryl/α,β-unsaturated/α-hetero) is 1. The second kappa shape index (κ2) is 14.4. The maximum atomic E-state index is 13.3. The number of nitrogens with one attached hydrogen (secondary N) is 2. The second-order valence-corrected chi connectivity index (χ2v) is 10.3. The van der Waals surface area contributed by atoms with Crippen molar-refractivity contribution in [3.05, 3.63) is 71.1 Å². The molecule has 0 radical (unpaired) electrons. The first kappa shape index (κ1) is 31.5. The molecule has 0 spiro atoms. The molecule has 212 valence electrons. The second-order valence-electron chi connectivity index (χ2n) is 10.3. The molecule has 2 aliphatic rings. The van der Waals surface area contributed by atoms with Gasteiger partial charge in [0.2, 0.25) is 11.6 Å². The van der Waals surface area contributed by atoms with Crippen molar-refractivity contribution in [1.29, 1.82) is 0 Å². The van der Waals surface area contributed by atoms with Crippen LogP contribution in [0.3, 0.4) is 0 Å². The SMILES string of the molecule is C=CCNC1=C2CCC[C@H](C)[C@H](O)[C@@H](C)/C=C(\C)[C@H](OC(N)=O)[C@@H](C)/C=C\C=C(/C)C(=O)NC(=CC1=O)C2=O. The van der Waals surface area contributed by atoms with E-state index in [0.29, 0.717) is 37.0 Å². The number of hydrogen-bond donors (Lipinski definition) is 4. The van der Waals surface area contributed by atoms with Gasteiger partial charge in [-0.2, -0.15) is 0 Å². The molecular weight excluding hydrogens is 498 g/mol. The molecule has 2 rings (SSSR count). The van der Waals surface area contributed by atoms with Crippen molar-refractivity contribution in [3.63, 3.8) is 0 Å². The van der Waals surface area contributed by atoms with E-state index < -0.39 is 35.8 Å². The predicted molar refractivity (Wildman–Crippen MR) is 150 cm³/mol.